The number of hydroxylamine groups is 2. The van der Waals surface area contributed by atoms with Crippen LogP contribution in [0.5, 0.6) is 0 Å². The highest BCUT2D eigenvalue weighted by molar-refractivity contribution is 4.67. The van der Waals surface area contributed by atoms with Crippen LogP contribution in [0.2, 0.25) is 0 Å². The van der Waals surface area contributed by atoms with Gasteiger partial charge in [0.05, 0.1) is 25.3 Å². The van der Waals surface area contributed by atoms with Gasteiger partial charge in [0.15, 0.2) is 0 Å². The molecule has 2 atom stereocenters. The maximum atomic E-state index is 9.73. The molecule has 0 saturated carbocycles. The van der Waals surface area contributed by atoms with E-state index in [4.69, 9.17) is 0 Å². The van der Waals surface area contributed by atoms with Crippen LogP contribution in [-0.4, -0.2) is 95.9 Å². The fraction of sp³-hybridized carbons (Fsp3) is 1.00. The van der Waals surface area contributed by atoms with Gasteiger partial charge in [-0.2, -0.15) is 5.06 Å². The first-order valence-electron chi connectivity index (χ1n) is 6.56. The van der Waals surface area contributed by atoms with Crippen molar-refractivity contribution < 1.29 is 15.4 Å². The molecule has 0 amide bonds. The molecule has 0 fully saturated rings. The average Bonchev–Trinajstić information content (AvgIpc) is 2.27. The van der Waals surface area contributed by atoms with Crippen LogP contribution in [0.3, 0.4) is 0 Å². The smallest absolute Gasteiger partial charge is 0.0816 e. The zero-order valence-corrected chi connectivity index (χ0v) is 12.1. The number of likely N-dealkylation sites (N-methyl/N-ethyl adjacent to an activating group) is 2. The summed E-state index contributed by atoms with van der Waals surface area (Å²) in [7, 11) is 3.83. The topological polar surface area (TPSA) is 70.4 Å². The Morgan fingerprint density at radius 3 is 1.39 bits per heavy atom. The molecule has 0 radical (unpaired) electrons. The first kappa shape index (κ1) is 17.8. The lowest BCUT2D eigenvalue weighted by molar-refractivity contribution is -0.135. The van der Waals surface area contributed by atoms with Crippen LogP contribution in [0.4, 0.5) is 0 Å². The van der Waals surface area contributed by atoms with E-state index in [0.29, 0.717) is 13.1 Å². The highest BCUT2D eigenvalue weighted by Crippen LogP contribution is 1.96. The Balaban J connectivity index is 3.84. The average molecular weight is 263 g/mol. The molecule has 0 aromatic heterocycles. The predicted octanol–water partition coefficient (Wildman–Crippen LogP) is -0.697. The summed E-state index contributed by atoms with van der Waals surface area (Å²) in [6, 6.07) is 0. The summed E-state index contributed by atoms with van der Waals surface area (Å²) in [4.78, 5) is 3.94. The number of hydrogen-bond acceptors (Lipinski definition) is 6. The van der Waals surface area contributed by atoms with Crippen molar-refractivity contribution in [2.45, 2.75) is 26.1 Å². The lowest BCUT2D eigenvalue weighted by Crippen LogP contribution is -2.42. The Hall–Kier alpha value is -0.240. The van der Waals surface area contributed by atoms with Crippen molar-refractivity contribution in [1.29, 1.82) is 0 Å². The molecule has 0 rings (SSSR count). The Morgan fingerprint density at radius 2 is 1.11 bits per heavy atom. The van der Waals surface area contributed by atoms with Gasteiger partial charge in [-0.25, -0.2) is 0 Å². The molecule has 0 saturated heterocycles. The van der Waals surface area contributed by atoms with Gasteiger partial charge < -0.3 is 25.2 Å². The summed E-state index contributed by atoms with van der Waals surface area (Å²) in [5.74, 6) is 0. The SMILES string of the molecule is CCN(C)CC(O)CN(O)CC(O)CN(C)CC. The zero-order valence-electron chi connectivity index (χ0n) is 12.1. The summed E-state index contributed by atoms with van der Waals surface area (Å²) in [5.41, 5.74) is 0. The van der Waals surface area contributed by atoms with Crippen molar-refractivity contribution in [3.8, 4) is 0 Å². The molecule has 0 aromatic carbocycles. The third kappa shape index (κ3) is 8.79. The van der Waals surface area contributed by atoms with Crippen molar-refractivity contribution in [1.82, 2.24) is 14.9 Å². The molecule has 0 aliphatic rings. The Morgan fingerprint density at radius 1 is 0.778 bits per heavy atom. The van der Waals surface area contributed by atoms with E-state index >= 15 is 0 Å². The molecule has 0 spiro atoms. The van der Waals surface area contributed by atoms with Gasteiger partial charge >= 0.3 is 0 Å². The molecule has 0 aliphatic carbocycles. The van der Waals surface area contributed by atoms with E-state index < -0.39 is 12.2 Å². The van der Waals surface area contributed by atoms with E-state index in [1.54, 1.807) is 0 Å². The minimum Gasteiger partial charge on any atom is -0.390 e. The molecule has 18 heavy (non-hydrogen) atoms. The quantitative estimate of drug-likeness (QED) is 0.453. The minimum atomic E-state index is -0.615. The summed E-state index contributed by atoms with van der Waals surface area (Å²) in [6.07, 6.45) is -1.23. The van der Waals surface area contributed by atoms with Crippen LogP contribution in [0.1, 0.15) is 13.8 Å². The van der Waals surface area contributed by atoms with Crippen LogP contribution < -0.4 is 0 Å². The second kappa shape index (κ2) is 9.66. The van der Waals surface area contributed by atoms with Gasteiger partial charge in [-0.15, -0.1) is 0 Å². The molecule has 0 bridgehead atoms. The molecule has 2 unspecified atom stereocenters. The Labute approximate surface area is 110 Å². The summed E-state index contributed by atoms with van der Waals surface area (Å²) in [5, 5.41) is 30.1. The second-order valence-electron chi connectivity index (χ2n) is 4.89. The molecule has 0 aromatic rings. The number of nitrogens with zero attached hydrogens (tertiary/aromatic N) is 3. The number of aliphatic hydroxyl groups excluding tert-OH is 2. The van der Waals surface area contributed by atoms with Gasteiger partial charge in [0.25, 0.3) is 0 Å². The van der Waals surface area contributed by atoms with Crippen LogP contribution in [0, 0.1) is 0 Å². The fourth-order valence-electron chi connectivity index (χ4n) is 1.65. The standard InChI is InChI=1S/C12H29N3O3/c1-5-13(3)7-11(16)9-15(18)10-12(17)8-14(4)6-2/h11-12,16-18H,5-10H2,1-4H3. The zero-order chi connectivity index (χ0) is 14.1. The van der Waals surface area contributed by atoms with E-state index in [0.717, 1.165) is 18.2 Å². The molecule has 3 N–H and O–H groups in total. The normalized spacial score (nSPS) is 15.7. The summed E-state index contributed by atoms with van der Waals surface area (Å²) in [6.45, 7) is 7.05. The van der Waals surface area contributed by atoms with Crippen molar-refractivity contribution in [2.75, 3.05) is 53.4 Å². The molecule has 110 valence electrons. The van der Waals surface area contributed by atoms with Crippen LogP contribution in [-0.2, 0) is 0 Å². The Kier molecular flexibility index (Phi) is 9.53. The first-order chi connectivity index (χ1) is 8.38. The predicted molar refractivity (Wildman–Crippen MR) is 71.7 cm³/mol. The molecular weight excluding hydrogens is 234 g/mol. The first-order valence-corrected chi connectivity index (χ1v) is 6.56. The highest BCUT2D eigenvalue weighted by atomic mass is 16.5. The van der Waals surface area contributed by atoms with Gasteiger partial charge in [0.1, 0.15) is 0 Å². The van der Waals surface area contributed by atoms with Gasteiger partial charge in [-0.05, 0) is 27.2 Å². The largest absolute Gasteiger partial charge is 0.390 e. The van der Waals surface area contributed by atoms with Crippen molar-refractivity contribution >= 4 is 0 Å². The maximum Gasteiger partial charge on any atom is 0.0816 e. The highest BCUT2D eigenvalue weighted by Gasteiger charge is 2.15. The van der Waals surface area contributed by atoms with E-state index in [-0.39, 0.29) is 13.1 Å². The number of aliphatic hydroxyl groups is 2. The molecular formula is C12H29N3O3. The van der Waals surface area contributed by atoms with E-state index in [2.05, 4.69) is 0 Å². The molecule has 0 heterocycles. The van der Waals surface area contributed by atoms with Crippen molar-refractivity contribution in [2.24, 2.45) is 0 Å². The van der Waals surface area contributed by atoms with E-state index in [9.17, 15) is 15.4 Å². The van der Waals surface area contributed by atoms with Gasteiger partial charge in [-0.3, -0.25) is 0 Å². The third-order valence-electron chi connectivity index (χ3n) is 2.97. The van der Waals surface area contributed by atoms with Crippen LogP contribution in [0.15, 0.2) is 0 Å². The second-order valence-corrected chi connectivity index (χ2v) is 4.89. The number of rotatable bonds is 10. The number of hydrogen-bond donors (Lipinski definition) is 3. The lowest BCUT2D eigenvalue weighted by atomic mass is 10.3. The fourth-order valence-corrected chi connectivity index (χ4v) is 1.65. The summed E-state index contributed by atoms with van der Waals surface area (Å²) < 4.78 is 0. The molecule has 0 aliphatic heterocycles. The van der Waals surface area contributed by atoms with Gasteiger partial charge in [0.2, 0.25) is 0 Å². The van der Waals surface area contributed by atoms with Gasteiger partial charge in [0, 0.05) is 13.1 Å². The van der Waals surface area contributed by atoms with Gasteiger partial charge in [-0.1, -0.05) is 13.8 Å². The molecule has 6 heteroatoms. The minimum absolute atomic E-state index is 0.150. The van der Waals surface area contributed by atoms with E-state index in [1.807, 2.05) is 37.7 Å². The third-order valence-corrected chi connectivity index (χ3v) is 2.97. The lowest BCUT2D eigenvalue weighted by Gasteiger charge is -2.25. The summed E-state index contributed by atoms with van der Waals surface area (Å²) >= 11 is 0. The monoisotopic (exact) mass is 263 g/mol. The van der Waals surface area contributed by atoms with E-state index in [1.165, 1.54) is 0 Å². The van der Waals surface area contributed by atoms with Crippen LogP contribution >= 0.6 is 0 Å². The maximum absolute atomic E-state index is 9.73. The van der Waals surface area contributed by atoms with Crippen molar-refractivity contribution in [3.05, 3.63) is 0 Å². The molecule has 6 nitrogen and oxygen atoms in total. The van der Waals surface area contributed by atoms with Crippen molar-refractivity contribution in [3.63, 3.8) is 0 Å². The Bertz CT molecular complexity index is 187. The van der Waals surface area contributed by atoms with Crippen LogP contribution in [0.25, 0.3) is 0 Å².